The van der Waals surface area contributed by atoms with Crippen LogP contribution in [0.3, 0.4) is 0 Å². The van der Waals surface area contributed by atoms with E-state index < -0.39 is 5.60 Å². The zero-order valence-corrected chi connectivity index (χ0v) is 11.4. The lowest BCUT2D eigenvalue weighted by Gasteiger charge is -2.47. The fraction of sp³-hybridized carbons (Fsp3) is 0.571. The third kappa shape index (κ3) is 2.10. The van der Waals surface area contributed by atoms with E-state index in [0.29, 0.717) is 0 Å². The normalized spacial score (nSPS) is 28.1. The predicted octanol–water partition coefficient (Wildman–Crippen LogP) is 2.86. The monoisotopic (exact) mass is 253 g/mol. The van der Waals surface area contributed by atoms with Crippen molar-refractivity contribution in [2.45, 2.75) is 32.8 Å². The number of benzene rings is 1. The maximum absolute atomic E-state index is 11.0. The number of aliphatic hydroxyl groups is 1. The lowest BCUT2D eigenvalue weighted by molar-refractivity contribution is -0.0945. The lowest BCUT2D eigenvalue weighted by atomic mass is 9.67. The fourth-order valence-electron chi connectivity index (χ4n) is 2.59. The Labute approximate surface area is 108 Å². The molecule has 0 bridgehead atoms. The summed E-state index contributed by atoms with van der Waals surface area (Å²) in [4.78, 5) is 0. The zero-order chi connectivity index (χ0) is 12.7. The van der Waals surface area contributed by atoms with Crippen molar-refractivity contribution in [2.75, 3.05) is 13.1 Å². The van der Waals surface area contributed by atoms with Crippen molar-refractivity contribution in [1.82, 2.24) is 5.32 Å². The molecule has 1 aromatic rings. The van der Waals surface area contributed by atoms with Crippen LogP contribution in [0.1, 0.15) is 31.4 Å². The van der Waals surface area contributed by atoms with Crippen LogP contribution in [-0.2, 0) is 5.60 Å². The van der Waals surface area contributed by atoms with Gasteiger partial charge in [-0.1, -0.05) is 37.6 Å². The summed E-state index contributed by atoms with van der Waals surface area (Å²) in [5.41, 5.74) is 1.05. The molecule has 1 heterocycles. The molecule has 2 nitrogen and oxygen atoms in total. The van der Waals surface area contributed by atoms with Crippen LogP contribution in [0.25, 0.3) is 0 Å². The van der Waals surface area contributed by atoms with Crippen molar-refractivity contribution < 1.29 is 5.11 Å². The van der Waals surface area contributed by atoms with Crippen LogP contribution in [-0.4, -0.2) is 18.2 Å². The first kappa shape index (κ1) is 12.9. The van der Waals surface area contributed by atoms with E-state index in [9.17, 15) is 5.11 Å². The van der Waals surface area contributed by atoms with Gasteiger partial charge in [-0.25, -0.2) is 0 Å². The van der Waals surface area contributed by atoms with Gasteiger partial charge in [0.15, 0.2) is 0 Å². The summed E-state index contributed by atoms with van der Waals surface area (Å²) in [5.74, 6) is 0. The molecular weight excluding hydrogens is 234 g/mol. The molecule has 3 heteroatoms. The Bertz CT molecular complexity index is 430. The number of aryl methyl sites for hydroxylation is 1. The summed E-state index contributed by atoms with van der Waals surface area (Å²) in [6.07, 6.45) is 0.737. The number of hydrogen-bond acceptors (Lipinski definition) is 2. The second kappa shape index (κ2) is 4.27. The molecule has 94 valence electrons. The van der Waals surface area contributed by atoms with Gasteiger partial charge in [0.25, 0.3) is 0 Å². The van der Waals surface area contributed by atoms with Crippen molar-refractivity contribution in [2.24, 2.45) is 5.41 Å². The minimum atomic E-state index is -0.770. The Hall–Kier alpha value is -0.570. The van der Waals surface area contributed by atoms with E-state index in [1.165, 1.54) is 0 Å². The minimum Gasteiger partial charge on any atom is -0.385 e. The molecule has 2 rings (SSSR count). The highest BCUT2D eigenvalue weighted by Crippen LogP contribution is 2.44. The molecule has 0 radical (unpaired) electrons. The number of nitrogens with one attached hydrogen (secondary N) is 1. The summed E-state index contributed by atoms with van der Waals surface area (Å²) in [7, 11) is 0. The predicted molar refractivity (Wildman–Crippen MR) is 71.4 cm³/mol. The molecule has 1 aromatic carbocycles. The molecule has 1 aliphatic rings. The molecule has 2 N–H and O–H groups in total. The van der Waals surface area contributed by atoms with Crippen LogP contribution in [0.4, 0.5) is 0 Å². The highest BCUT2D eigenvalue weighted by atomic mass is 35.5. The molecule has 1 saturated heterocycles. The van der Waals surface area contributed by atoms with Gasteiger partial charge in [0.05, 0.1) is 5.60 Å². The average Bonchev–Trinajstić information content (AvgIpc) is 2.26. The SMILES string of the molecule is Cc1cc(C2(O)CCNCC2(C)C)ccc1Cl. The minimum absolute atomic E-state index is 0.175. The fourth-order valence-corrected chi connectivity index (χ4v) is 2.71. The van der Waals surface area contributed by atoms with Crippen molar-refractivity contribution in [3.05, 3.63) is 34.3 Å². The van der Waals surface area contributed by atoms with Crippen LogP contribution >= 0.6 is 11.6 Å². The summed E-state index contributed by atoms with van der Waals surface area (Å²) < 4.78 is 0. The maximum Gasteiger partial charge on any atom is 0.0971 e. The first-order chi connectivity index (χ1) is 7.87. The van der Waals surface area contributed by atoms with Crippen LogP contribution in [0.5, 0.6) is 0 Å². The van der Waals surface area contributed by atoms with Crippen LogP contribution in [0.15, 0.2) is 18.2 Å². The Morgan fingerprint density at radius 2 is 2.06 bits per heavy atom. The van der Waals surface area contributed by atoms with E-state index in [1.54, 1.807) is 0 Å². The van der Waals surface area contributed by atoms with Gasteiger partial charge >= 0.3 is 0 Å². The molecular formula is C14H20ClNO. The summed E-state index contributed by atoms with van der Waals surface area (Å²) >= 11 is 6.04. The smallest absolute Gasteiger partial charge is 0.0971 e. The number of halogens is 1. The van der Waals surface area contributed by atoms with E-state index in [1.807, 2.05) is 25.1 Å². The Balaban J connectivity index is 2.45. The third-order valence-electron chi connectivity index (χ3n) is 3.99. The van der Waals surface area contributed by atoms with Crippen LogP contribution in [0, 0.1) is 12.3 Å². The quantitative estimate of drug-likeness (QED) is 0.807. The van der Waals surface area contributed by atoms with E-state index in [2.05, 4.69) is 19.2 Å². The molecule has 1 aliphatic heterocycles. The second-order valence-corrected chi connectivity index (χ2v) is 6.04. The molecule has 17 heavy (non-hydrogen) atoms. The zero-order valence-electron chi connectivity index (χ0n) is 10.7. The van der Waals surface area contributed by atoms with Gasteiger partial charge in [-0.05, 0) is 37.1 Å². The van der Waals surface area contributed by atoms with E-state index in [4.69, 9.17) is 11.6 Å². The van der Waals surface area contributed by atoms with E-state index in [0.717, 1.165) is 35.7 Å². The maximum atomic E-state index is 11.0. The van der Waals surface area contributed by atoms with Crippen molar-refractivity contribution in [1.29, 1.82) is 0 Å². The average molecular weight is 254 g/mol. The standard InChI is InChI=1S/C14H20ClNO/c1-10-8-11(4-5-12(10)15)14(17)6-7-16-9-13(14,2)3/h4-5,8,16-17H,6-7,9H2,1-3H3. The van der Waals surface area contributed by atoms with Crippen molar-refractivity contribution >= 4 is 11.6 Å². The Morgan fingerprint density at radius 1 is 1.35 bits per heavy atom. The summed E-state index contributed by atoms with van der Waals surface area (Å²) in [6, 6.07) is 5.83. The van der Waals surface area contributed by atoms with Crippen molar-refractivity contribution in [3.63, 3.8) is 0 Å². The highest BCUT2D eigenvalue weighted by molar-refractivity contribution is 6.31. The molecule has 1 unspecified atom stereocenters. The Morgan fingerprint density at radius 3 is 2.65 bits per heavy atom. The van der Waals surface area contributed by atoms with E-state index in [-0.39, 0.29) is 5.41 Å². The number of piperidine rings is 1. The number of rotatable bonds is 1. The van der Waals surface area contributed by atoms with Gasteiger partial charge in [0.1, 0.15) is 0 Å². The van der Waals surface area contributed by atoms with Gasteiger partial charge in [0, 0.05) is 17.0 Å². The number of hydrogen-bond donors (Lipinski definition) is 2. The third-order valence-corrected chi connectivity index (χ3v) is 4.41. The van der Waals surface area contributed by atoms with Crippen LogP contribution in [0.2, 0.25) is 5.02 Å². The molecule has 0 amide bonds. The molecule has 0 spiro atoms. The van der Waals surface area contributed by atoms with E-state index >= 15 is 0 Å². The van der Waals surface area contributed by atoms with Gasteiger partial charge < -0.3 is 10.4 Å². The first-order valence-corrected chi connectivity index (χ1v) is 6.44. The molecule has 0 saturated carbocycles. The topological polar surface area (TPSA) is 32.3 Å². The van der Waals surface area contributed by atoms with Crippen LogP contribution < -0.4 is 5.32 Å². The Kier molecular flexibility index (Phi) is 3.23. The largest absolute Gasteiger partial charge is 0.385 e. The van der Waals surface area contributed by atoms with Crippen molar-refractivity contribution in [3.8, 4) is 0 Å². The summed E-state index contributed by atoms with van der Waals surface area (Å²) in [6.45, 7) is 7.85. The van der Waals surface area contributed by atoms with Gasteiger partial charge in [-0.3, -0.25) is 0 Å². The molecule has 0 aromatic heterocycles. The lowest BCUT2D eigenvalue weighted by Crippen LogP contribution is -2.53. The molecule has 1 atom stereocenters. The molecule has 0 aliphatic carbocycles. The highest BCUT2D eigenvalue weighted by Gasteiger charge is 2.46. The summed E-state index contributed by atoms with van der Waals surface area (Å²) in [5, 5.41) is 15.1. The first-order valence-electron chi connectivity index (χ1n) is 6.06. The van der Waals surface area contributed by atoms with Gasteiger partial charge in [-0.2, -0.15) is 0 Å². The van der Waals surface area contributed by atoms with Gasteiger partial charge in [0.2, 0.25) is 0 Å². The van der Waals surface area contributed by atoms with Gasteiger partial charge in [-0.15, -0.1) is 0 Å². The second-order valence-electron chi connectivity index (χ2n) is 5.63. The molecule has 1 fully saturated rings.